The van der Waals surface area contributed by atoms with Crippen LogP contribution in [0.3, 0.4) is 0 Å². The summed E-state index contributed by atoms with van der Waals surface area (Å²) in [5.74, 6) is 0. The Morgan fingerprint density at radius 2 is 1.83 bits per heavy atom. The van der Waals surface area contributed by atoms with E-state index in [9.17, 15) is 0 Å². The van der Waals surface area contributed by atoms with E-state index in [2.05, 4.69) is 19.2 Å². The molecule has 1 aromatic carbocycles. The van der Waals surface area contributed by atoms with Gasteiger partial charge in [0.1, 0.15) is 0 Å². The van der Waals surface area contributed by atoms with Crippen LogP contribution in [-0.2, 0) is 11.2 Å². The first-order valence-electron chi connectivity index (χ1n) is 4.11. The molecule has 1 heteroatoms. The molecule has 0 fully saturated rings. The molecule has 0 bridgehead atoms. The lowest BCUT2D eigenvalue weighted by molar-refractivity contribution is 0.0527. The highest BCUT2D eigenvalue weighted by molar-refractivity contribution is 5.16. The minimum Gasteiger partial charge on any atom is -0.373 e. The largest absolute Gasteiger partial charge is 0.373 e. The standard InChI is InChI=1S/C11H15O/c1-11(2,12-3)9-10-7-5-4-6-8-10/h4-8H,3,9H2,1-2H3. The fourth-order valence-corrected chi connectivity index (χ4v) is 1.14. The second-order valence-corrected chi connectivity index (χ2v) is 3.57. The van der Waals surface area contributed by atoms with E-state index in [0.717, 1.165) is 6.42 Å². The fraction of sp³-hybridized carbons (Fsp3) is 0.364. The minimum absolute atomic E-state index is 0.165. The van der Waals surface area contributed by atoms with Crippen LogP contribution in [0.5, 0.6) is 0 Å². The topological polar surface area (TPSA) is 9.23 Å². The zero-order valence-corrected chi connectivity index (χ0v) is 7.71. The summed E-state index contributed by atoms with van der Waals surface area (Å²) in [6, 6.07) is 10.3. The Morgan fingerprint density at radius 3 is 2.33 bits per heavy atom. The van der Waals surface area contributed by atoms with E-state index >= 15 is 0 Å². The summed E-state index contributed by atoms with van der Waals surface area (Å²) in [7, 11) is 3.45. The van der Waals surface area contributed by atoms with Crippen LogP contribution in [0, 0.1) is 7.11 Å². The molecule has 0 atom stereocenters. The molecule has 12 heavy (non-hydrogen) atoms. The zero-order chi connectivity index (χ0) is 9.03. The maximum Gasteiger partial charge on any atom is 0.0708 e. The number of hydrogen-bond donors (Lipinski definition) is 0. The Hall–Kier alpha value is -0.820. The van der Waals surface area contributed by atoms with Gasteiger partial charge in [0, 0.05) is 6.42 Å². The monoisotopic (exact) mass is 163 g/mol. The van der Waals surface area contributed by atoms with Gasteiger partial charge in [-0.2, -0.15) is 0 Å². The number of hydrogen-bond acceptors (Lipinski definition) is 1. The maximum atomic E-state index is 5.09. The van der Waals surface area contributed by atoms with Gasteiger partial charge in [0.25, 0.3) is 0 Å². The van der Waals surface area contributed by atoms with Gasteiger partial charge in [-0.05, 0) is 19.4 Å². The van der Waals surface area contributed by atoms with Crippen LogP contribution in [0.4, 0.5) is 0 Å². The van der Waals surface area contributed by atoms with E-state index in [0.29, 0.717) is 0 Å². The minimum atomic E-state index is -0.165. The van der Waals surface area contributed by atoms with Crippen molar-refractivity contribution in [1.29, 1.82) is 0 Å². The summed E-state index contributed by atoms with van der Waals surface area (Å²) in [4.78, 5) is 0. The number of benzene rings is 1. The Kier molecular flexibility index (Phi) is 2.88. The molecule has 0 heterocycles. The maximum absolute atomic E-state index is 5.09. The summed E-state index contributed by atoms with van der Waals surface area (Å²) in [6.45, 7) is 4.07. The lowest BCUT2D eigenvalue weighted by atomic mass is 9.99. The van der Waals surface area contributed by atoms with E-state index in [1.54, 1.807) is 0 Å². The van der Waals surface area contributed by atoms with E-state index in [1.165, 1.54) is 5.56 Å². The first-order valence-corrected chi connectivity index (χ1v) is 4.11. The third kappa shape index (κ3) is 2.67. The molecule has 0 N–H and O–H groups in total. The molecule has 0 saturated carbocycles. The van der Waals surface area contributed by atoms with Gasteiger partial charge < -0.3 is 4.74 Å². The predicted molar refractivity (Wildman–Crippen MR) is 50.7 cm³/mol. The molecule has 1 aromatic rings. The summed E-state index contributed by atoms with van der Waals surface area (Å²) in [6.07, 6.45) is 0.900. The van der Waals surface area contributed by atoms with Crippen molar-refractivity contribution in [3.05, 3.63) is 43.0 Å². The van der Waals surface area contributed by atoms with Crippen LogP contribution in [0.15, 0.2) is 30.3 Å². The molecular weight excluding hydrogens is 148 g/mol. The van der Waals surface area contributed by atoms with Crippen molar-refractivity contribution in [2.75, 3.05) is 0 Å². The highest BCUT2D eigenvalue weighted by Crippen LogP contribution is 2.15. The quantitative estimate of drug-likeness (QED) is 0.665. The van der Waals surface area contributed by atoms with Crippen molar-refractivity contribution < 1.29 is 4.74 Å². The van der Waals surface area contributed by atoms with Crippen molar-refractivity contribution in [2.45, 2.75) is 25.9 Å². The second-order valence-electron chi connectivity index (χ2n) is 3.57. The van der Waals surface area contributed by atoms with E-state index < -0.39 is 0 Å². The van der Waals surface area contributed by atoms with Gasteiger partial charge in [0.2, 0.25) is 0 Å². The van der Waals surface area contributed by atoms with Crippen LogP contribution in [-0.4, -0.2) is 5.60 Å². The fourth-order valence-electron chi connectivity index (χ4n) is 1.14. The van der Waals surface area contributed by atoms with Gasteiger partial charge in [-0.15, -0.1) is 0 Å². The van der Waals surface area contributed by atoms with E-state index in [-0.39, 0.29) is 5.60 Å². The normalized spacial score (nSPS) is 11.6. The highest BCUT2D eigenvalue weighted by Gasteiger charge is 2.16. The van der Waals surface area contributed by atoms with Crippen LogP contribution in [0.1, 0.15) is 19.4 Å². The molecular formula is C11H15O. The molecule has 0 aliphatic rings. The SMILES string of the molecule is [CH2]OC(C)(C)Cc1ccccc1. The molecule has 1 nitrogen and oxygen atoms in total. The average Bonchev–Trinajstić information content (AvgIpc) is 2.06. The van der Waals surface area contributed by atoms with Gasteiger partial charge in [0.15, 0.2) is 0 Å². The van der Waals surface area contributed by atoms with Gasteiger partial charge in [-0.1, -0.05) is 30.3 Å². The number of ether oxygens (including phenoxy) is 1. The van der Waals surface area contributed by atoms with Crippen molar-refractivity contribution in [3.8, 4) is 0 Å². The third-order valence-electron chi connectivity index (χ3n) is 1.86. The van der Waals surface area contributed by atoms with Crippen molar-refractivity contribution in [1.82, 2.24) is 0 Å². The second kappa shape index (κ2) is 3.72. The summed E-state index contributed by atoms with van der Waals surface area (Å²) >= 11 is 0. The molecule has 65 valence electrons. The Bertz CT molecular complexity index is 226. The summed E-state index contributed by atoms with van der Waals surface area (Å²) < 4.78 is 5.09. The first-order chi connectivity index (χ1) is 5.64. The van der Waals surface area contributed by atoms with E-state index in [4.69, 9.17) is 4.74 Å². The third-order valence-corrected chi connectivity index (χ3v) is 1.86. The molecule has 1 rings (SSSR count). The van der Waals surface area contributed by atoms with Crippen molar-refractivity contribution in [2.24, 2.45) is 0 Å². The molecule has 0 spiro atoms. The first kappa shape index (κ1) is 9.27. The lowest BCUT2D eigenvalue weighted by Crippen LogP contribution is -2.24. The van der Waals surface area contributed by atoms with Crippen LogP contribution in [0.25, 0.3) is 0 Å². The molecule has 0 amide bonds. The molecule has 0 unspecified atom stereocenters. The molecule has 0 aliphatic carbocycles. The molecule has 0 aromatic heterocycles. The number of rotatable bonds is 3. The zero-order valence-electron chi connectivity index (χ0n) is 7.71. The van der Waals surface area contributed by atoms with Gasteiger partial charge in [0.05, 0.1) is 12.7 Å². The Balaban J connectivity index is 2.64. The Labute approximate surface area is 74.4 Å². The molecule has 0 saturated heterocycles. The van der Waals surface area contributed by atoms with Crippen molar-refractivity contribution in [3.63, 3.8) is 0 Å². The summed E-state index contributed by atoms with van der Waals surface area (Å²) in [5, 5.41) is 0. The van der Waals surface area contributed by atoms with Crippen molar-refractivity contribution >= 4 is 0 Å². The highest BCUT2D eigenvalue weighted by atomic mass is 16.5. The smallest absolute Gasteiger partial charge is 0.0708 e. The van der Waals surface area contributed by atoms with Crippen LogP contribution >= 0.6 is 0 Å². The van der Waals surface area contributed by atoms with Gasteiger partial charge in [-0.3, -0.25) is 0 Å². The summed E-state index contributed by atoms with van der Waals surface area (Å²) in [5.41, 5.74) is 1.12. The van der Waals surface area contributed by atoms with Crippen LogP contribution in [0.2, 0.25) is 0 Å². The average molecular weight is 163 g/mol. The Morgan fingerprint density at radius 1 is 1.25 bits per heavy atom. The van der Waals surface area contributed by atoms with Gasteiger partial charge >= 0.3 is 0 Å². The predicted octanol–water partition coefficient (Wildman–Crippen LogP) is 2.82. The van der Waals surface area contributed by atoms with E-state index in [1.807, 2.05) is 32.0 Å². The molecule has 1 radical (unpaired) electrons. The van der Waals surface area contributed by atoms with Crippen LogP contribution < -0.4 is 0 Å². The van der Waals surface area contributed by atoms with Gasteiger partial charge in [-0.25, -0.2) is 0 Å². The molecule has 0 aliphatic heterocycles. The lowest BCUT2D eigenvalue weighted by Gasteiger charge is -2.22.